The van der Waals surface area contributed by atoms with Crippen molar-refractivity contribution in [2.45, 2.75) is 44.0 Å². The first-order valence-corrected chi connectivity index (χ1v) is 10.7. The smallest absolute Gasteiger partial charge is 0.251 e. The Labute approximate surface area is 171 Å². The highest BCUT2D eigenvalue weighted by Gasteiger charge is 2.25. The van der Waals surface area contributed by atoms with E-state index in [0.29, 0.717) is 13.0 Å². The summed E-state index contributed by atoms with van der Waals surface area (Å²) < 4.78 is 27.6. The van der Waals surface area contributed by atoms with Crippen LogP contribution < -0.4 is 10.0 Å². The summed E-state index contributed by atoms with van der Waals surface area (Å²) in [5, 5.41) is 12.1. The van der Waals surface area contributed by atoms with E-state index in [1.807, 2.05) is 12.1 Å². The van der Waals surface area contributed by atoms with Gasteiger partial charge in [-0.15, -0.1) is 0 Å². The molecule has 1 amide bonds. The zero-order valence-electron chi connectivity index (χ0n) is 16.1. The normalized spacial score (nSPS) is 12.0. The Kier molecular flexibility index (Phi) is 7.09. The monoisotopic (exact) mass is 424 g/mol. The van der Waals surface area contributed by atoms with Crippen molar-refractivity contribution in [3.8, 4) is 5.75 Å². The molecule has 0 aliphatic carbocycles. The second-order valence-corrected chi connectivity index (χ2v) is 9.58. The molecule has 8 heteroatoms. The minimum Gasteiger partial charge on any atom is -0.508 e. The summed E-state index contributed by atoms with van der Waals surface area (Å²) in [6, 6.07) is 11.1. The van der Waals surface area contributed by atoms with Crippen molar-refractivity contribution >= 4 is 27.5 Å². The first kappa shape index (κ1) is 22.2. The standard InChI is InChI=1S/C20H25ClN2O4S/c1-20(2,3)23-28(26,27)18-13-15(8-11-17(18)21)19(25)22-12-4-5-14-6-9-16(24)10-7-14/h6-11,13,23-24H,4-5,12H2,1-3H3,(H,22,25). The van der Waals surface area contributed by atoms with Gasteiger partial charge in [0.25, 0.3) is 5.91 Å². The van der Waals surface area contributed by atoms with Crippen molar-refractivity contribution in [2.75, 3.05) is 6.54 Å². The lowest BCUT2D eigenvalue weighted by Gasteiger charge is -2.21. The molecule has 28 heavy (non-hydrogen) atoms. The lowest BCUT2D eigenvalue weighted by molar-refractivity contribution is 0.0953. The zero-order chi connectivity index (χ0) is 20.9. The number of rotatable bonds is 7. The Balaban J connectivity index is 2.01. The molecule has 0 unspecified atom stereocenters. The fourth-order valence-electron chi connectivity index (χ4n) is 2.57. The molecule has 2 rings (SSSR count). The Morgan fingerprint density at radius 1 is 1.11 bits per heavy atom. The van der Waals surface area contributed by atoms with E-state index in [1.165, 1.54) is 18.2 Å². The molecule has 0 heterocycles. The van der Waals surface area contributed by atoms with Gasteiger partial charge in [0, 0.05) is 17.6 Å². The number of amides is 1. The summed E-state index contributed by atoms with van der Waals surface area (Å²) in [6.07, 6.45) is 1.46. The van der Waals surface area contributed by atoms with Crippen molar-refractivity contribution in [1.29, 1.82) is 0 Å². The predicted molar refractivity (Wildman–Crippen MR) is 110 cm³/mol. The van der Waals surface area contributed by atoms with E-state index in [1.54, 1.807) is 32.9 Å². The van der Waals surface area contributed by atoms with E-state index in [-0.39, 0.29) is 27.1 Å². The average molecular weight is 425 g/mol. The molecule has 2 aromatic rings. The molecule has 0 bridgehead atoms. The number of phenolic OH excluding ortho intramolecular Hbond substituents is 1. The number of sulfonamides is 1. The van der Waals surface area contributed by atoms with Gasteiger partial charge in [-0.05, 0) is 69.5 Å². The first-order chi connectivity index (χ1) is 13.0. The third kappa shape index (κ3) is 6.51. The molecule has 0 fully saturated rings. The fraction of sp³-hybridized carbons (Fsp3) is 0.350. The lowest BCUT2D eigenvalue weighted by atomic mass is 10.1. The Morgan fingerprint density at radius 3 is 2.36 bits per heavy atom. The van der Waals surface area contributed by atoms with Crippen LogP contribution in [0.15, 0.2) is 47.4 Å². The molecular formula is C20H25ClN2O4S. The predicted octanol–water partition coefficient (Wildman–Crippen LogP) is 3.49. The summed E-state index contributed by atoms with van der Waals surface area (Å²) in [5.41, 5.74) is 0.609. The second-order valence-electron chi connectivity index (χ2n) is 7.53. The number of aromatic hydroxyl groups is 1. The van der Waals surface area contributed by atoms with Gasteiger partial charge in [-0.1, -0.05) is 23.7 Å². The molecule has 0 saturated heterocycles. The Morgan fingerprint density at radius 2 is 1.75 bits per heavy atom. The molecular weight excluding hydrogens is 400 g/mol. The molecule has 2 aromatic carbocycles. The van der Waals surface area contributed by atoms with Crippen molar-refractivity contribution in [3.05, 3.63) is 58.6 Å². The van der Waals surface area contributed by atoms with Gasteiger partial charge in [-0.25, -0.2) is 13.1 Å². The van der Waals surface area contributed by atoms with Gasteiger partial charge < -0.3 is 10.4 Å². The van der Waals surface area contributed by atoms with E-state index in [9.17, 15) is 18.3 Å². The quantitative estimate of drug-likeness (QED) is 0.593. The Bertz CT molecular complexity index is 936. The van der Waals surface area contributed by atoms with E-state index >= 15 is 0 Å². The van der Waals surface area contributed by atoms with E-state index in [0.717, 1.165) is 12.0 Å². The number of carbonyl (C=O) groups excluding carboxylic acids is 1. The minimum absolute atomic E-state index is 0.0561. The number of nitrogens with one attached hydrogen (secondary N) is 2. The number of aryl methyl sites for hydroxylation is 1. The van der Waals surface area contributed by atoms with Gasteiger partial charge in [-0.2, -0.15) is 0 Å². The average Bonchev–Trinajstić information content (AvgIpc) is 2.58. The number of benzene rings is 2. The van der Waals surface area contributed by atoms with Crippen LogP contribution in [0.25, 0.3) is 0 Å². The fourth-order valence-corrected chi connectivity index (χ4v) is 4.51. The number of carbonyl (C=O) groups is 1. The topological polar surface area (TPSA) is 95.5 Å². The summed E-state index contributed by atoms with van der Waals surface area (Å²) in [5.74, 6) is -0.152. The number of hydrogen-bond acceptors (Lipinski definition) is 4. The number of halogens is 1. The third-order valence-corrected chi connectivity index (χ3v) is 6.03. The molecule has 0 aromatic heterocycles. The van der Waals surface area contributed by atoms with Crippen LogP contribution in [0.4, 0.5) is 0 Å². The van der Waals surface area contributed by atoms with Crippen LogP contribution in [-0.2, 0) is 16.4 Å². The van der Waals surface area contributed by atoms with Gasteiger partial charge in [0.2, 0.25) is 10.0 Å². The van der Waals surface area contributed by atoms with Crippen LogP contribution in [0.3, 0.4) is 0 Å². The minimum atomic E-state index is -3.85. The van der Waals surface area contributed by atoms with Gasteiger partial charge >= 0.3 is 0 Å². The summed E-state index contributed by atoms with van der Waals surface area (Å²) >= 11 is 6.05. The van der Waals surface area contributed by atoms with Gasteiger partial charge in [0.1, 0.15) is 10.6 Å². The van der Waals surface area contributed by atoms with Gasteiger partial charge in [0.05, 0.1) is 5.02 Å². The maximum Gasteiger partial charge on any atom is 0.251 e. The van der Waals surface area contributed by atoms with Crippen LogP contribution in [0, 0.1) is 0 Å². The van der Waals surface area contributed by atoms with Crippen LogP contribution in [0.1, 0.15) is 43.1 Å². The molecule has 0 spiro atoms. The molecule has 152 valence electrons. The summed E-state index contributed by atoms with van der Waals surface area (Å²) in [4.78, 5) is 12.2. The van der Waals surface area contributed by atoms with Gasteiger partial charge in [0.15, 0.2) is 0 Å². The lowest BCUT2D eigenvalue weighted by Crippen LogP contribution is -2.40. The first-order valence-electron chi connectivity index (χ1n) is 8.87. The summed E-state index contributed by atoms with van der Waals surface area (Å²) in [7, 11) is -3.85. The van der Waals surface area contributed by atoms with Crippen LogP contribution in [0.5, 0.6) is 5.75 Å². The highest BCUT2D eigenvalue weighted by molar-refractivity contribution is 7.89. The maximum atomic E-state index is 12.5. The van der Waals surface area contributed by atoms with Gasteiger partial charge in [-0.3, -0.25) is 4.79 Å². The second kappa shape index (κ2) is 8.94. The molecule has 0 aliphatic heterocycles. The highest BCUT2D eigenvalue weighted by atomic mass is 35.5. The molecule has 0 aliphatic rings. The Hall–Kier alpha value is -2.09. The largest absolute Gasteiger partial charge is 0.508 e. The van der Waals surface area contributed by atoms with Crippen molar-refractivity contribution < 1.29 is 18.3 Å². The van der Waals surface area contributed by atoms with Crippen molar-refractivity contribution in [2.24, 2.45) is 0 Å². The number of phenols is 1. The highest BCUT2D eigenvalue weighted by Crippen LogP contribution is 2.24. The van der Waals surface area contributed by atoms with Crippen LogP contribution in [-0.4, -0.2) is 31.5 Å². The zero-order valence-corrected chi connectivity index (χ0v) is 17.7. The van der Waals surface area contributed by atoms with Crippen LogP contribution >= 0.6 is 11.6 Å². The van der Waals surface area contributed by atoms with Crippen molar-refractivity contribution in [3.63, 3.8) is 0 Å². The molecule has 0 atom stereocenters. The van der Waals surface area contributed by atoms with E-state index in [4.69, 9.17) is 11.6 Å². The molecule has 0 radical (unpaired) electrons. The van der Waals surface area contributed by atoms with Crippen molar-refractivity contribution in [1.82, 2.24) is 10.0 Å². The molecule has 3 N–H and O–H groups in total. The third-order valence-electron chi connectivity index (χ3n) is 3.79. The molecule has 0 saturated carbocycles. The van der Waals surface area contributed by atoms with E-state index in [2.05, 4.69) is 10.0 Å². The summed E-state index contributed by atoms with van der Waals surface area (Å²) in [6.45, 7) is 5.61. The van der Waals surface area contributed by atoms with Crippen LogP contribution in [0.2, 0.25) is 5.02 Å². The maximum absolute atomic E-state index is 12.5. The SMILES string of the molecule is CC(C)(C)NS(=O)(=O)c1cc(C(=O)NCCCc2ccc(O)cc2)ccc1Cl. The molecule has 6 nitrogen and oxygen atoms in total. The van der Waals surface area contributed by atoms with E-state index < -0.39 is 15.6 Å². The number of hydrogen-bond donors (Lipinski definition) is 3.